The molecule has 1 saturated carbocycles. The first-order valence-electron chi connectivity index (χ1n) is 15.4. The van der Waals surface area contributed by atoms with Crippen LogP contribution < -0.4 is 26.6 Å². The van der Waals surface area contributed by atoms with Crippen molar-refractivity contribution in [2.24, 2.45) is 5.92 Å². The third kappa shape index (κ3) is 8.18. The number of amides is 4. The minimum absolute atomic E-state index is 0.0993. The zero-order chi connectivity index (χ0) is 30.6. The Morgan fingerprint density at radius 2 is 1.81 bits per heavy atom. The molecule has 43 heavy (non-hydrogen) atoms. The largest absolute Gasteiger partial charge is 0.375 e. The van der Waals surface area contributed by atoms with Crippen LogP contribution in [0.4, 0.5) is 5.69 Å². The predicted molar refractivity (Wildman–Crippen MR) is 157 cm³/mol. The summed E-state index contributed by atoms with van der Waals surface area (Å²) in [6.45, 7) is 5.44. The van der Waals surface area contributed by atoms with E-state index >= 15 is 0 Å². The zero-order valence-corrected chi connectivity index (χ0v) is 25.0. The lowest BCUT2D eigenvalue weighted by Crippen LogP contribution is -2.57. The number of carbonyl (C=O) groups excluding carboxylic acids is 5. The molecule has 0 radical (unpaired) electrons. The Labute approximate surface area is 251 Å². The number of morpholine rings is 1. The van der Waals surface area contributed by atoms with Crippen molar-refractivity contribution in [1.29, 1.82) is 0 Å². The fourth-order valence-corrected chi connectivity index (χ4v) is 6.18. The van der Waals surface area contributed by atoms with Crippen LogP contribution in [0.3, 0.4) is 0 Å². The van der Waals surface area contributed by atoms with E-state index in [1.54, 1.807) is 26.0 Å². The topological polar surface area (TPSA) is 167 Å². The Kier molecular flexibility index (Phi) is 9.78. The molecule has 5 rings (SSSR count). The quantitative estimate of drug-likeness (QED) is 0.205. The molecule has 3 heterocycles. The first kappa shape index (κ1) is 31.1. The van der Waals surface area contributed by atoms with Gasteiger partial charge >= 0.3 is 0 Å². The number of carbonyl (C=O) groups is 5. The number of nitrogens with one attached hydrogen (secondary N) is 5. The van der Waals surface area contributed by atoms with Crippen LogP contribution in [0.2, 0.25) is 0 Å². The molecule has 12 heteroatoms. The number of Topliss-reactive ketones (excluding diaryl/α,β-unsaturated/α-hetero) is 1. The van der Waals surface area contributed by atoms with E-state index in [1.807, 2.05) is 6.07 Å². The average molecular weight is 598 g/mol. The van der Waals surface area contributed by atoms with Crippen molar-refractivity contribution in [2.45, 2.75) is 95.0 Å². The number of anilines is 1. The molecule has 1 aromatic carbocycles. The van der Waals surface area contributed by atoms with Gasteiger partial charge in [0.25, 0.3) is 0 Å². The Hall–Kier alpha value is -3.35. The van der Waals surface area contributed by atoms with Gasteiger partial charge in [0, 0.05) is 25.2 Å². The molecule has 0 spiro atoms. The van der Waals surface area contributed by atoms with E-state index in [0.717, 1.165) is 49.0 Å². The van der Waals surface area contributed by atoms with Crippen molar-refractivity contribution in [3.8, 4) is 0 Å². The molecule has 234 valence electrons. The highest BCUT2D eigenvalue weighted by atomic mass is 16.6. The maximum Gasteiger partial charge on any atom is 0.243 e. The number of benzene rings is 1. The highest BCUT2D eigenvalue weighted by molar-refractivity contribution is 6.00. The number of hydrogen-bond acceptors (Lipinski definition) is 8. The fourth-order valence-electron chi connectivity index (χ4n) is 6.18. The van der Waals surface area contributed by atoms with Crippen molar-refractivity contribution < 1.29 is 33.4 Å². The maximum absolute atomic E-state index is 13.8. The van der Waals surface area contributed by atoms with Crippen LogP contribution in [0.5, 0.6) is 0 Å². The molecular formula is C31H43N5O7. The summed E-state index contributed by atoms with van der Waals surface area (Å²) < 4.78 is 11.0. The Bertz CT molecular complexity index is 1240. The summed E-state index contributed by atoms with van der Waals surface area (Å²) in [6.07, 6.45) is 4.99. The first-order valence-corrected chi connectivity index (χ1v) is 15.4. The molecule has 1 aromatic rings. The zero-order valence-electron chi connectivity index (χ0n) is 25.0. The first-order chi connectivity index (χ1) is 20.6. The molecule has 0 bridgehead atoms. The number of epoxide rings is 1. The van der Waals surface area contributed by atoms with E-state index < -0.39 is 35.5 Å². The normalized spacial score (nSPS) is 25.2. The van der Waals surface area contributed by atoms with Crippen LogP contribution in [-0.2, 0) is 46.3 Å². The lowest BCUT2D eigenvalue weighted by molar-refractivity contribution is -0.134. The average Bonchev–Trinajstić information content (AvgIpc) is 3.34. The van der Waals surface area contributed by atoms with Crippen molar-refractivity contribution >= 4 is 35.1 Å². The minimum Gasteiger partial charge on any atom is -0.375 e. The Morgan fingerprint density at radius 1 is 1.07 bits per heavy atom. The van der Waals surface area contributed by atoms with Crippen molar-refractivity contribution in [3.63, 3.8) is 0 Å². The molecular weight excluding hydrogens is 554 g/mol. The minimum atomic E-state index is -1.02. The van der Waals surface area contributed by atoms with Crippen LogP contribution in [0.1, 0.15) is 63.5 Å². The van der Waals surface area contributed by atoms with Crippen LogP contribution in [0, 0.1) is 5.92 Å². The third-order valence-electron chi connectivity index (χ3n) is 8.83. The maximum atomic E-state index is 13.8. The molecule has 3 fully saturated rings. The third-order valence-corrected chi connectivity index (χ3v) is 8.83. The molecule has 1 aliphatic carbocycles. The van der Waals surface area contributed by atoms with Crippen molar-refractivity contribution in [2.75, 3.05) is 31.6 Å². The van der Waals surface area contributed by atoms with Gasteiger partial charge in [0.15, 0.2) is 5.78 Å². The summed E-state index contributed by atoms with van der Waals surface area (Å²) in [6, 6.07) is 2.79. The van der Waals surface area contributed by atoms with E-state index in [0.29, 0.717) is 32.1 Å². The highest BCUT2D eigenvalue weighted by Gasteiger charge is 2.50. The van der Waals surface area contributed by atoms with Crippen LogP contribution in [0.15, 0.2) is 18.2 Å². The molecule has 5 N–H and O–H groups in total. The number of hydrogen-bond donors (Lipinski definition) is 5. The van der Waals surface area contributed by atoms with Gasteiger partial charge in [0.2, 0.25) is 23.6 Å². The van der Waals surface area contributed by atoms with E-state index in [-0.39, 0.29) is 43.0 Å². The summed E-state index contributed by atoms with van der Waals surface area (Å²) in [4.78, 5) is 64.9. The summed E-state index contributed by atoms with van der Waals surface area (Å²) in [5.41, 5.74) is 1.41. The molecule has 0 aromatic heterocycles. The van der Waals surface area contributed by atoms with E-state index in [2.05, 4.69) is 26.6 Å². The van der Waals surface area contributed by atoms with Gasteiger partial charge in [-0.1, -0.05) is 37.8 Å². The molecule has 1 unspecified atom stereocenters. The monoisotopic (exact) mass is 597 g/mol. The van der Waals surface area contributed by atoms with Crippen LogP contribution in [-0.4, -0.2) is 85.5 Å². The lowest BCUT2D eigenvalue weighted by atomic mass is 9.90. The van der Waals surface area contributed by atoms with Gasteiger partial charge in [0.1, 0.15) is 17.7 Å². The number of fused-ring (bicyclic) bond motifs is 1. The van der Waals surface area contributed by atoms with Gasteiger partial charge in [-0.25, -0.2) is 0 Å². The Morgan fingerprint density at radius 3 is 2.51 bits per heavy atom. The SMILES string of the molecule is C[C@H](NC(=O)CC1CNCCO1)C(=O)N[C@@H](Cc1ccc2c(c1)CC(=O)N2)C(=O)N[C@@H](CC1CCCC1)C(=O)[C@@]1(C)CO1. The number of ketones is 1. The summed E-state index contributed by atoms with van der Waals surface area (Å²) in [7, 11) is 0. The van der Waals surface area contributed by atoms with Gasteiger partial charge in [-0.15, -0.1) is 0 Å². The second-order valence-electron chi connectivity index (χ2n) is 12.5. The van der Waals surface area contributed by atoms with Gasteiger partial charge in [-0.05, 0) is 43.4 Å². The van der Waals surface area contributed by atoms with Gasteiger partial charge in [-0.3, -0.25) is 24.0 Å². The van der Waals surface area contributed by atoms with Gasteiger partial charge in [-0.2, -0.15) is 0 Å². The van der Waals surface area contributed by atoms with E-state index in [1.165, 1.54) is 0 Å². The summed E-state index contributed by atoms with van der Waals surface area (Å²) >= 11 is 0. The Balaban J connectivity index is 1.28. The van der Waals surface area contributed by atoms with Gasteiger partial charge in [0.05, 0.1) is 38.2 Å². The lowest BCUT2D eigenvalue weighted by Gasteiger charge is -2.27. The second kappa shape index (κ2) is 13.5. The molecule has 3 aliphatic heterocycles. The molecule has 5 atom stereocenters. The predicted octanol–water partition coefficient (Wildman–Crippen LogP) is 0.515. The fraction of sp³-hybridized carbons (Fsp3) is 0.645. The van der Waals surface area contributed by atoms with Gasteiger partial charge < -0.3 is 36.1 Å². The standard InChI is InChI=1S/C31H43N5O7/c1-18(33-27(38)15-22-16-32-9-10-42-22)29(40)36-25(13-20-7-8-23-21(11-20)14-26(37)34-23)30(41)35-24(12-19-5-3-4-6-19)28(39)31(2)17-43-31/h7-8,11,18-19,22,24-25,32H,3-6,9-10,12-17H2,1-2H3,(H,33,38)(H,34,37)(H,35,41)(H,36,40)/t18-,22?,24-,25-,31+/m0/s1. The number of ether oxygens (including phenoxy) is 2. The highest BCUT2D eigenvalue weighted by Crippen LogP contribution is 2.33. The second-order valence-corrected chi connectivity index (χ2v) is 12.5. The number of rotatable bonds is 13. The molecule has 4 amide bonds. The van der Waals surface area contributed by atoms with Crippen LogP contribution >= 0.6 is 0 Å². The summed E-state index contributed by atoms with van der Waals surface area (Å²) in [5, 5.41) is 14.4. The molecule has 12 nitrogen and oxygen atoms in total. The summed E-state index contributed by atoms with van der Waals surface area (Å²) in [5.74, 6) is -1.25. The van der Waals surface area contributed by atoms with E-state index in [9.17, 15) is 24.0 Å². The molecule has 2 saturated heterocycles. The molecule has 4 aliphatic rings. The van der Waals surface area contributed by atoms with E-state index in [4.69, 9.17) is 9.47 Å². The van der Waals surface area contributed by atoms with Crippen molar-refractivity contribution in [3.05, 3.63) is 29.3 Å². The smallest absolute Gasteiger partial charge is 0.243 e. The van der Waals surface area contributed by atoms with Crippen molar-refractivity contribution in [1.82, 2.24) is 21.3 Å². The van der Waals surface area contributed by atoms with Crippen LogP contribution in [0.25, 0.3) is 0 Å².